The minimum atomic E-state index is -0.477. The van der Waals surface area contributed by atoms with Gasteiger partial charge >= 0.3 is 0 Å². The molecular formula is C18H20N2O5. The number of carbonyl (C=O) groups is 1. The number of hydrogen-bond acceptors (Lipinski definition) is 5. The largest absolute Gasteiger partial charge is 0.490 e. The van der Waals surface area contributed by atoms with Gasteiger partial charge in [0.25, 0.3) is 11.6 Å². The summed E-state index contributed by atoms with van der Waals surface area (Å²) in [6.45, 7) is 6.22. The van der Waals surface area contributed by atoms with Gasteiger partial charge in [0.05, 0.1) is 29.4 Å². The summed E-state index contributed by atoms with van der Waals surface area (Å²) in [4.78, 5) is 23.0. The number of hydrogen-bond donors (Lipinski definition) is 1. The average molecular weight is 344 g/mol. The Balaban J connectivity index is 2.28. The standard InChI is InChI=1S/C18H20N2O5/c1-4-24-16-10-9-13(11-17(16)25-5-2)18(21)19-14-7-6-8-15(12(14)3)20(22)23/h6-11H,4-5H2,1-3H3,(H,19,21). The molecule has 2 rings (SSSR count). The first-order chi connectivity index (χ1) is 12.0. The Morgan fingerprint density at radius 1 is 1.12 bits per heavy atom. The second-order valence-electron chi connectivity index (χ2n) is 5.19. The van der Waals surface area contributed by atoms with E-state index >= 15 is 0 Å². The van der Waals surface area contributed by atoms with E-state index in [-0.39, 0.29) is 11.6 Å². The molecule has 132 valence electrons. The predicted octanol–water partition coefficient (Wildman–Crippen LogP) is 3.95. The van der Waals surface area contributed by atoms with Crippen LogP contribution in [0.4, 0.5) is 11.4 Å². The summed E-state index contributed by atoms with van der Waals surface area (Å²) in [7, 11) is 0. The molecule has 0 aromatic heterocycles. The van der Waals surface area contributed by atoms with Crippen molar-refractivity contribution in [2.75, 3.05) is 18.5 Å². The molecule has 0 saturated heterocycles. The van der Waals surface area contributed by atoms with Gasteiger partial charge in [0.1, 0.15) is 0 Å². The molecule has 2 aromatic rings. The number of benzene rings is 2. The van der Waals surface area contributed by atoms with Crippen LogP contribution in [-0.4, -0.2) is 24.0 Å². The van der Waals surface area contributed by atoms with Crippen LogP contribution in [-0.2, 0) is 0 Å². The van der Waals surface area contributed by atoms with E-state index in [1.54, 1.807) is 31.2 Å². The zero-order valence-corrected chi connectivity index (χ0v) is 14.4. The fraction of sp³-hybridized carbons (Fsp3) is 0.278. The molecule has 0 radical (unpaired) electrons. The molecule has 0 bridgehead atoms. The zero-order valence-electron chi connectivity index (χ0n) is 14.4. The van der Waals surface area contributed by atoms with Crippen LogP contribution in [0.2, 0.25) is 0 Å². The zero-order chi connectivity index (χ0) is 18.4. The van der Waals surface area contributed by atoms with Crippen LogP contribution in [0.15, 0.2) is 36.4 Å². The maximum atomic E-state index is 12.5. The molecular weight excluding hydrogens is 324 g/mol. The smallest absolute Gasteiger partial charge is 0.274 e. The van der Waals surface area contributed by atoms with Crippen LogP contribution >= 0.6 is 0 Å². The van der Waals surface area contributed by atoms with E-state index in [0.717, 1.165) is 0 Å². The third kappa shape index (κ3) is 4.26. The fourth-order valence-electron chi connectivity index (χ4n) is 2.34. The molecule has 0 fully saturated rings. The van der Waals surface area contributed by atoms with Crippen molar-refractivity contribution in [3.8, 4) is 11.5 Å². The lowest BCUT2D eigenvalue weighted by molar-refractivity contribution is -0.385. The van der Waals surface area contributed by atoms with Gasteiger partial charge in [0.15, 0.2) is 11.5 Å². The highest BCUT2D eigenvalue weighted by atomic mass is 16.6. The summed E-state index contributed by atoms with van der Waals surface area (Å²) >= 11 is 0. The number of ether oxygens (including phenoxy) is 2. The van der Waals surface area contributed by atoms with Crippen LogP contribution in [0.3, 0.4) is 0 Å². The van der Waals surface area contributed by atoms with Gasteiger partial charge in [-0.1, -0.05) is 6.07 Å². The number of nitro benzene ring substituents is 1. The topological polar surface area (TPSA) is 90.7 Å². The van der Waals surface area contributed by atoms with Crippen LogP contribution in [0.25, 0.3) is 0 Å². The van der Waals surface area contributed by atoms with Crippen LogP contribution in [0, 0.1) is 17.0 Å². The van der Waals surface area contributed by atoms with Crippen molar-refractivity contribution in [1.82, 2.24) is 0 Å². The van der Waals surface area contributed by atoms with E-state index in [2.05, 4.69) is 5.32 Å². The summed E-state index contributed by atoms with van der Waals surface area (Å²) in [5.74, 6) is 0.660. The Morgan fingerprint density at radius 3 is 2.44 bits per heavy atom. The summed E-state index contributed by atoms with van der Waals surface area (Å²) < 4.78 is 11.0. The van der Waals surface area contributed by atoms with Crippen molar-refractivity contribution >= 4 is 17.3 Å². The molecule has 1 N–H and O–H groups in total. The third-order valence-corrected chi connectivity index (χ3v) is 3.56. The molecule has 0 heterocycles. The Bertz CT molecular complexity index is 789. The summed E-state index contributed by atoms with van der Waals surface area (Å²) in [6, 6.07) is 9.44. The Kier molecular flexibility index (Phi) is 5.94. The molecule has 7 heteroatoms. The van der Waals surface area contributed by atoms with E-state index < -0.39 is 4.92 Å². The van der Waals surface area contributed by atoms with Crippen LogP contribution in [0.5, 0.6) is 11.5 Å². The molecule has 7 nitrogen and oxygen atoms in total. The lowest BCUT2D eigenvalue weighted by Crippen LogP contribution is -2.13. The number of rotatable bonds is 7. The van der Waals surface area contributed by atoms with Crippen molar-refractivity contribution in [3.63, 3.8) is 0 Å². The molecule has 1 amide bonds. The second-order valence-corrected chi connectivity index (χ2v) is 5.19. The van der Waals surface area contributed by atoms with Gasteiger partial charge in [0, 0.05) is 11.6 Å². The first kappa shape index (κ1) is 18.3. The minimum absolute atomic E-state index is 0.0421. The highest BCUT2D eigenvalue weighted by Crippen LogP contribution is 2.30. The molecule has 25 heavy (non-hydrogen) atoms. The number of nitro groups is 1. The van der Waals surface area contributed by atoms with Gasteiger partial charge in [-0.15, -0.1) is 0 Å². The Labute approximate surface area is 145 Å². The quantitative estimate of drug-likeness (QED) is 0.606. The van der Waals surface area contributed by atoms with Gasteiger partial charge in [-0.2, -0.15) is 0 Å². The molecule has 0 unspecified atom stereocenters. The number of nitrogens with zero attached hydrogens (tertiary/aromatic N) is 1. The van der Waals surface area contributed by atoms with Crippen molar-refractivity contribution in [1.29, 1.82) is 0 Å². The van der Waals surface area contributed by atoms with Crippen molar-refractivity contribution in [3.05, 3.63) is 57.6 Å². The van der Waals surface area contributed by atoms with Crippen molar-refractivity contribution in [2.45, 2.75) is 20.8 Å². The minimum Gasteiger partial charge on any atom is -0.490 e. The molecule has 0 aliphatic heterocycles. The molecule has 0 atom stereocenters. The van der Waals surface area contributed by atoms with Gasteiger partial charge in [-0.3, -0.25) is 14.9 Å². The van der Waals surface area contributed by atoms with Crippen LogP contribution < -0.4 is 14.8 Å². The number of anilines is 1. The maximum absolute atomic E-state index is 12.5. The SMILES string of the molecule is CCOc1ccc(C(=O)Nc2cccc([N+](=O)[O-])c2C)cc1OCC. The van der Waals surface area contributed by atoms with E-state index in [0.29, 0.717) is 41.5 Å². The summed E-state index contributed by atoms with van der Waals surface area (Å²) in [6.07, 6.45) is 0. The number of amides is 1. The molecule has 0 aliphatic rings. The van der Waals surface area contributed by atoms with Gasteiger partial charge in [0.2, 0.25) is 0 Å². The average Bonchev–Trinajstić information content (AvgIpc) is 2.58. The maximum Gasteiger partial charge on any atom is 0.274 e. The lowest BCUT2D eigenvalue weighted by Gasteiger charge is -2.13. The van der Waals surface area contributed by atoms with E-state index in [4.69, 9.17) is 9.47 Å². The van der Waals surface area contributed by atoms with Crippen LogP contribution in [0.1, 0.15) is 29.8 Å². The highest BCUT2D eigenvalue weighted by molar-refractivity contribution is 6.05. The highest BCUT2D eigenvalue weighted by Gasteiger charge is 2.16. The molecule has 0 spiro atoms. The molecule has 2 aromatic carbocycles. The van der Waals surface area contributed by atoms with Crippen molar-refractivity contribution in [2.24, 2.45) is 0 Å². The van der Waals surface area contributed by atoms with Crippen molar-refractivity contribution < 1.29 is 19.2 Å². The van der Waals surface area contributed by atoms with E-state index in [9.17, 15) is 14.9 Å². The van der Waals surface area contributed by atoms with Gasteiger partial charge in [-0.05, 0) is 45.0 Å². The Hall–Kier alpha value is -3.09. The number of nitrogens with one attached hydrogen (secondary N) is 1. The first-order valence-corrected chi connectivity index (χ1v) is 7.92. The summed E-state index contributed by atoms with van der Waals surface area (Å²) in [5.41, 5.74) is 1.13. The number of carbonyl (C=O) groups excluding carboxylic acids is 1. The van der Waals surface area contributed by atoms with Gasteiger partial charge < -0.3 is 14.8 Å². The second kappa shape index (κ2) is 8.14. The molecule has 0 saturated carbocycles. The fourth-order valence-corrected chi connectivity index (χ4v) is 2.34. The normalized spacial score (nSPS) is 10.2. The molecule has 0 aliphatic carbocycles. The summed E-state index contributed by atoms with van der Waals surface area (Å²) in [5, 5.41) is 13.7. The Morgan fingerprint density at radius 2 is 1.80 bits per heavy atom. The lowest BCUT2D eigenvalue weighted by atomic mass is 10.1. The third-order valence-electron chi connectivity index (χ3n) is 3.56. The van der Waals surface area contributed by atoms with Gasteiger partial charge in [-0.25, -0.2) is 0 Å². The monoisotopic (exact) mass is 344 g/mol. The van der Waals surface area contributed by atoms with E-state index in [1.807, 2.05) is 13.8 Å². The predicted molar refractivity (Wildman–Crippen MR) is 94.6 cm³/mol. The van der Waals surface area contributed by atoms with E-state index in [1.165, 1.54) is 12.1 Å². The first-order valence-electron chi connectivity index (χ1n) is 7.92.